The van der Waals surface area contributed by atoms with E-state index in [4.69, 9.17) is 9.84 Å². The number of unbranched alkanes of at least 4 members (excludes halogenated alkanes) is 1. The van der Waals surface area contributed by atoms with Crippen molar-refractivity contribution >= 4 is 5.82 Å². The molecule has 0 atom stereocenters. The summed E-state index contributed by atoms with van der Waals surface area (Å²) in [6.45, 7) is 5.93. The first kappa shape index (κ1) is 15.9. The van der Waals surface area contributed by atoms with Gasteiger partial charge in [0.1, 0.15) is 17.3 Å². The molecule has 0 saturated heterocycles. The second-order valence-corrected chi connectivity index (χ2v) is 6.07. The number of rotatable bonds is 6. The Hall–Kier alpha value is -1.97. The molecule has 0 radical (unpaired) electrons. The molecule has 2 aromatic rings. The molecule has 0 unspecified atom stereocenters. The summed E-state index contributed by atoms with van der Waals surface area (Å²) in [4.78, 5) is 0. The molecule has 1 aliphatic rings. The molecule has 1 N–H and O–H groups in total. The number of ether oxygens (including phenoxy) is 1. The molecule has 124 valence electrons. The quantitative estimate of drug-likeness (QED) is 0.861. The molecule has 3 rings (SSSR count). The van der Waals surface area contributed by atoms with Gasteiger partial charge in [0.2, 0.25) is 0 Å². The number of hydrogen-bond donors (Lipinski definition) is 1. The number of nitrogens with zero attached hydrogens (tertiary/aromatic N) is 2. The van der Waals surface area contributed by atoms with Gasteiger partial charge < -0.3 is 10.1 Å². The van der Waals surface area contributed by atoms with Gasteiger partial charge in [0, 0.05) is 12.1 Å². The van der Waals surface area contributed by atoms with Crippen LogP contribution < -0.4 is 10.1 Å². The normalized spacial score (nSPS) is 14.0. The van der Waals surface area contributed by atoms with Crippen LogP contribution in [-0.2, 0) is 12.8 Å². The van der Waals surface area contributed by atoms with Crippen molar-refractivity contribution in [1.29, 1.82) is 0 Å². The largest absolute Gasteiger partial charge is 0.492 e. The smallest absolute Gasteiger partial charge is 0.145 e. The fourth-order valence-corrected chi connectivity index (χ4v) is 3.20. The van der Waals surface area contributed by atoms with Gasteiger partial charge in [0.05, 0.1) is 12.3 Å². The number of hydrogen-bond acceptors (Lipinski definition) is 3. The second-order valence-electron chi connectivity index (χ2n) is 6.07. The zero-order valence-corrected chi connectivity index (χ0v) is 14.3. The summed E-state index contributed by atoms with van der Waals surface area (Å²) < 4.78 is 7.88. The summed E-state index contributed by atoms with van der Waals surface area (Å²) in [5, 5.41) is 8.56. The van der Waals surface area contributed by atoms with Crippen molar-refractivity contribution in [1.82, 2.24) is 9.78 Å². The van der Waals surface area contributed by atoms with Crippen LogP contribution in [0, 0.1) is 0 Å². The molecule has 0 fully saturated rings. The second kappa shape index (κ2) is 7.53. The van der Waals surface area contributed by atoms with E-state index in [2.05, 4.69) is 23.0 Å². The van der Waals surface area contributed by atoms with Crippen molar-refractivity contribution in [2.45, 2.75) is 52.4 Å². The van der Waals surface area contributed by atoms with E-state index >= 15 is 0 Å². The zero-order chi connectivity index (χ0) is 16.1. The molecule has 2 heterocycles. The number of fused-ring (bicyclic) bond motifs is 1. The highest BCUT2D eigenvalue weighted by Gasteiger charge is 2.21. The Bertz CT molecular complexity index is 648. The van der Waals surface area contributed by atoms with E-state index in [0.29, 0.717) is 6.61 Å². The molecule has 0 bridgehead atoms. The molecule has 4 heteroatoms. The molecule has 1 aromatic carbocycles. The SMILES string of the molecule is CCCCc1nn(-c2ccccc2OCC)c2c1CCCCN2. The van der Waals surface area contributed by atoms with Gasteiger partial charge in [-0.15, -0.1) is 0 Å². The highest BCUT2D eigenvalue weighted by Crippen LogP contribution is 2.32. The Morgan fingerprint density at radius 1 is 1.22 bits per heavy atom. The number of benzene rings is 1. The number of nitrogens with one attached hydrogen (secondary N) is 1. The van der Waals surface area contributed by atoms with Crippen LogP contribution in [0.2, 0.25) is 0 Å². The minimum atomic E-state index is 0.663. The molecule has 0 spiro atoms. The number of aryl methyl sites for hydroxylation is 1. The molecular formula is C19H27N3O. The standard InChI is InChI=1S/C19H27N3O/c1-3-5-11-16-15-10-8-9-14-20-19(15)22(21-16)17-12-6-7-13-18(17)23-4-2/h6-7,12-13,20H,3-5,8-11,14H2,1-2H3. The van der Waals surface area contributed by atoms with Crippen LogP contribution in [0.25, 0.3) is 5.69 Å². The lowest BCUT2D eigenvalue weighted by Crippen LogP contribution is -2.08. The minimum Gasteiger partial charge on any atom is -0.492 e. The summed E-state index contributed by atoms with van der Waals surface area (Å²) >= 11 is 0. The summed E-state index contributed by atoms with van der Waals surface area (Å²) in [5.74, 6) is 2.06. The summed E-state index contributed by atoms with van der Waals surface area (Å²) in [7, 11) is 0. The van der Waals surface area contributed by atoms with E-state index in [0.717, 1.165) is 30.8 Å². The van der Waals surface area contributed by atoms with Gasteiger partial charge in [-0.1, -0.05) is 25.5 Å². The molecule has 4 nitrogen and oxygen atoms in total. The molecule has 0 saturated carbocycles. The lowest BCUT2D eigenvalue weighted by molar-refractivity contribution is 0.338. The van der Waals surface area contributed by atoms with Crippen molar-refractivity contribution in [3.05, 3.63) is 35.5 Å². The monoisotopic (exact) mass is 313 g/mol. The van der Waals surface area contributed by atoms with Crippen LogP contribution >= 0.6 is 0 Å². The number of anilines is 1. The van der Waals surface area contributed by atoms with E-state index in [1.807, 2.05) is 25.1 Å². The third-order valence-electron chi connectivity index (χ3n) is 4.37. The molecule has 0 amide bonds. The minimum absolute atomic E-state index is 0.663. The van der Waals surface area contributed by atoms with Crippen molar-refractivity contribution in [3.8, 4) is 11.4 Å². The summed E-state index contributed by atoms with van der Waals surface area (Å²) in [5.41, 5.74) is 3.69. The summed E-state index contributed by atoms with van der Waals surface area (Å²) in [6, 6.07) is 8.18. The Morgan fingerprint density at radius 2 is 2.09 bits per heavy atom. The topological polar surface area (TPSA) is 39.1 Å². The van der Waals surface area contributed by atoms with E-state index in [1.54, 1.807) is 0 Å². The van der Waals surface area contributed by atoms with Crippen molar-refractivity contribution < 1.29 is 4.74 Å². The van der Waals surface area contributed by atoms with Gasteiger partial charge in [-0.3, -0.25) is 0 Å². The molecule has 23 heavy (non-hydrogen) atoms. The maximum absolute atomic E-state index is 5.82. The van der Waals surface area contributed by atoms with Gasteiger partial charge in [-0.05, 0) is 51.2 Å². The summed E-state index contributed by atoms with van der Waals surface area (Å²) in [6.07, 6.45) is 7.02. The van der Waals surface area contributed by atoms with Crippen molar-refractivity contribution in [2.24, 2.45) is 0 Å². The van der Waals surface area contributed by atoms with Crippen LogP contribution in [0.3, 0.4) is 0 Å². The first-order valence-electron chi connectivity index (χ1n) is 8.92. The first-order valence-corrected chi connectivity index (χ1v) is 8.92. The maximum Gasteiger partial charge on any atom is 0.145 e. The van der Waals surface area contributed by atoms with Crippen molar-refractivity contribution in [3.63, 3.8) is 0 Å². The van der Waals surface area contributed by atoms with Gasteiger partial charge in [0.25, 0.3) is 0 Å². The van der Waals surface area contributed by atoms with E-state index in [-0.39, 0.29) is 0 Å². The highest BCUT2D eigenvalue weighted by molar-refractivity contribution is 5.58. The van der Waals surface area contributed by atoms with E-state index in [9.17, 15) is 0 Å². The van der Waals surface area contributed by atoms with Crippen LogP contribution in [0.1, 0.15) is 50.8 Å². The maximum atomic E-state index is 5.82. The fourth-order valence-electron chi connectivity index (χ4n) is 3.20. The first-order chi connectivity index (χ1) is 11.3. The van der Waals surface area contributed by atoms with Crippen molar-refractivity contribution in [2.75, 3.05) is 18.5 Å². The third kappa shape index (κ3) is 3.36. The van der Waals surface area contributed by atoms with Crippen LogP contribution in [0.4, 0.5) is 5.82 Å². The van der Waals surface area contributed by atoms with Crippen LogP contribution in [0.5, 0.6) is 5.75 Å². The predicted octanol–water partition coefficient (Wildman–Crippen LogP) is 4.36. The third-order valence-corrected chi connectivity index (χ3v) is 4.37. The zero-order valence-electron chi connectivity index (χ0n) is 14.3. The average Bonchev–Trinajstić information content (AvgIpc) is 2.75. The predicted molar refractivity (Wildman–Crippen MR) is 94.8 cm³/mol. The molecule has 0 aliphatic carbocycles. The Labute approximate surface area is 138 Å². The Kier molecular flexibility index (Phi) is 5.21. The van der Waals surface area contributed by atoms with Crippen LogP contribution in [0.15, 0.2) is 24.3 Å². The molecule has 1 aromatic heterocycles. The number of aromatic nitrogens is 2. The lowest BCUT2D eigenvalue weighted by atomic mass is 10.1. The van der Waals surface area contributed by atoms with E-state index in [1.165, 1.54) is 42.8 Å². The van der Waals surface area contributed by atoms with E-state index < -0.39 is 0 Å². The fraction of sp³-hybridized carbons (Fsp3) is 0.526. The van der Waals surface area contributed by atoms with Gasteiger partial charge >= 0.3 is 0 Å². The van der Waals surface area contributed by atoms with Crippen LogP contribution in [-0.4, -0.2) is 22.9 Å². The number of para-hydroxylation sites is 2. The molecular weight excluding hydrogens is 286 g/mol. The molecule has 1 aliphatic heterocycles. The van der Waals surface area contributed by atoms with Gasteiger partial charge in [-0.25, -0.2) is 4.68 Å². The Balaban J connectivity index is 2.06. The average molecular weight is 313 g/mol. The lowest BCUT2D eigenvalue weighted by Gasteiger charge is -2.13. The van der Waals surface area contributed by atoms with Gasteiger partial charge in [0.15, 0.2) is 0 Å². The highest BCUT2D eigenvalue weighted by atomic mass is 16.5. The Morgan fingerprint density at radius 3 is 2.91 bits per heavy atom. The van der Waals surface area contributed by atoms with Gasteiger partial charge in [-0.2, -0.15) is 5.10 Å².